The molecule has 0 bridgehead atoms. The smallest absolute Gasteiger partial charge is 0.178 e. The summed E-state index contributed by atoms with van der Waals surface area (Å²) < 4.78 is 36.3. The molecule has 0 unspecified atom stereocenters. The van der Waals surface area contributed by atoms with Crippen molar-refractivity contribution in [1.82, 2.24) is 4.90 Å². The molecule has 5 nitrogen and oxygen atoms in total. The molecule has 6 heteroatoms. The number of aryl methyl sites for hydroxylation is 1. The Kier molecular flexibility index (Phi) is 5.59. The lowest BCUT2D eigenvalue weighted by Crippen LogP contribution is -2.54. The van der Waals surface area contributed by atoms with E-state index in [2.05, 4.69) is 4.90 Å². The highest BCUT2D eigenvalue weighted by atomic mass is 32.2. The van der Waals surface area contributed by atoms with Crippen molar-refractivity contribution in [3.8, 4) is 0 Å². The minimum Gasteiger partial charge on any atom is -0.381 e. The lowest BCUT2D eigenvalue weighted by Gasteiger charge is -2.44. The van der Waals surface area contributed by atoms with Crippen molar-refractivity contribution in [2.75, 3.05) is 45.2 Å². The maximum absolute atomic E-state index is 12.4. The monoisotopic (exact) mass is 353 g/mol. The molecule has 3 rings (SSSR count). The Morgan fingerprint density at radius 2 is 1.83 bits per heavy atom. The SMILES string of the molecule is Cc1ccc(S(=O)(=O)CCCN2CCOC3(CCOCC3)C2)cc1. The molecule has 0 amide bonds. The second-order valence-corrected chi connectivity index (χ2v) is 9.01. The average molecular weight is 353 g/mol. The van der Waals surface area contributed by atoms with Gasteiger partial charge in [-0.05, 0) is 32.0 Å². The number of rotatable bonds is 5. The first-order valence-electron chi connectivity index (χ1n) is 8.73. The third kappa shape index (κ3) is 4.36. The Labute approximate surface area is 144 Å². The van der Waals surface area contributed by atoms with Gasteiger partial charge in [0.05, 0.1) is 22.9 Å². The van der Waals surface area contributed by atoms with Gasteiger partial charge in [-0.1, -0.05) is 17.7 Å². The summed E-state index contributed by atoms with van der Waals surface area (Å²) in [5.74, 6) is 0.198. The summed E-state index contributed by atoms with van der Waals surface area (Å²) in [5, 5.41) is 0. The third-order valence-electron chi connectivity index (χ3n) is 5.00. The topological polar surface area (TPSA) is 55.8 Å². The molecule has 2 aliphatic heterocycles. The largest absolute Gasteiger partial charge is 0.381 e. The molecule has 0 atom stereocenters. The van der Waals surface area contributed by atoms with Crippen LogP contribution in [0.3, 0.4) is 0 Å². The van der Waals surface area contributed by atoms with Crippen molar-refractivity contribution >= 4 is 9.84 Å². The summed E-state index contributed by atoms with van der Waals surface area (Å²) in [4.78, 5) is 2.77. The van der Waals surface area contributed by atoms with E-state index < -0.39 is 9.84 Å². The van der Waals surface area contributed by atoms with Crippen molar-refractivity contribution in [3.05, 3.63) is 29.8 Å². The van der Waals surface area contributed by atoms with Crippen LogP contribution in [0.4, 0.5) is 0 Å². The molecular weight excluding hydrogens is 326 g/mol. The fourth-order valence-corrected chi connectivity index (χ4v) is 4.80. The zero-order valence-corrected chi connectivity index (χ0v) is 15.2. The maximum Gasteiger partial charge on any atom is 0.178 e. The molecule has 134 valence electrons. The van der Waals surface area contributed by atoms with E-state index in [4.69, 9.17) is 9.47 Å². The second kappa shape index (κ2) is 7.52. The molecule has 2 aliphatic rings. The van der Waals surface area contributed by atoms with E-state index in [0.717, 1.165) is 57.9 Å². The molecule has 1 spiro atoms. The van der Waals surface area contributed by atoms with Gasteiger partial charge in [0.25, 0.3) is 0 Å². The quantitative estimate of drug-likeness (QED) is 0.811. The Hall–Kier alpha value is -0.950. The summed E-state index contributed by atoms with van der Waals surface area (Å²) in [6.07, 6.45) is 2.53. The van der Waals surface area contributed by atoms with Crippen LogP contribution in [-0.2, 0) is 19.3 Å². The maximum atomic E-state index is 12.4. The Morgan fingerprint density at radius 3 is 2.54 bits per heavy atom. The van der Waals surface area contributed by atoms with Crippen LogP contribution in [-0.4, -0.2) is 64.1 Å². The van der Waals surface area contributed by atoms with E-state index in [1.165, 1.54) is 0 Å². The number of sulfone groups is 1. The van der Waals surface area contributed by atoms with Crippen LogP contribution < -0.4 is 0 Å². The molecule has 0 N–H and O–H groups in total. The second-order valence-electron chi connectivity index (χ2n) is 6.91. The lowest BCUT2D eigenvalue weighted by atomic mass is 9.92. The van der Waals surface area contributed by atoms with Crippen LogP contribution >= 0.6 is 0 Å². The highest BCUT2D eigenvalue weighted by Gasteiger charge is 2.38. The first-order valence-corrected chi connectivity index (χ1v) is 10.4. The first-order chi connectivity index (χ1) is 11.5. The van der Waals surface area contributed by atoms with Gasteiger partial charge in [0, 0.05) is 39.1 Å². The average Bonchev–Trinajstić information content (AvgIpc) is 2.56. The van der Waals surface area contributed by atoms with Crippen molar-refractivity contribution in [3.63, 3.8) is 0 Å². The highest BCUT2D eigenvalue weighted by Crippen LogP contribution is 2.29. The summed E-state index contributed by atoms with van der Waals surface area (Å²) in [5.41, 5.74) is 0.996. The molecule has 2 fully saturated rings. The first kappa shape index (κ1) is 17.9. The molecule has 1 aromatic rings. The van der Waals surface area contributed by atoms with E-state index in [1.54, 1.807) is 12.1 Å². The molecule has 24 heavy (non-hydrogen) atoms. The third-order valence-corrected chi connectivity index (χ3v) is 6.82. The Morgan fingerprint density at radius 1 is 1.12 bits per heavy atom. The van der Waals surface area contributed by atoms with Crippen LogP contribution in [0.15, 0.2) is 29.2 Å². The van der Waals surface area contributed by atoms with Gasteiger partial charge >= 0.3 is 0 Å². The van der Waals surface area contributed by atoms with E-state index in [9.17, 15) is 8.42 Å². The van der Waals surface area contributed by atoms with Gasteiger partial charge in [0.1, 0.15) is 0 Å². The Bertz CT molecular complexity index is 630. The number of hydrogen-bond donors (Lipinski definition) is 0. The molecule has 2 saturated heterocycles. The van der Waals surface area contributed by atoms with Crippen LogP contribution in [0.1, 0.15) is 24.8 Å². The van der Waals surface area contributed by atoms with Gasteiger partial charge in [0.15, 0.2) is 9.84 Å². The predicted octanol–water partition coefficient (Wildman–Crippen LogP) is 2.04. The molecule has 0 aromatic heterocycles. The standard InChI is InChI=1S/C18H27NO4S/c1-16-3-5-17(6-4-16)24(20,21)14-2-9-19-10-13-23-18(15-19)7-11-22-12-8-18/h3-6H,2,7-15H2,1H3. The van der Waals surface area contributed by atoms with E-state index in [1.807, 2.05) is 19.1 Å². The van der Waals surface area contributed by atoms with Gasteiger partial charge < -0.3 is 9.47 Å². The van der Waals surface area contributed by atoms with Crippen LogP contribution in [0.25, 0.3) is 0 Å². The molecule has 0 saturated carbocycles. The Balaban J connectivity index is 1.51. The minimum absolute atomic E-state index is 0.0771. The van der Waals surface area contributed by atoms with Crippen molar-refractivity contribution in [2.45, 2.75) is 36.7 Å². The number of hydrogen-bond acceptors (Lipinski definition) is 5. The number of morpholine rings is 1. The fourth-order valence-electron chi connectivity index (χ4n) is 3.50. The van der Waals surface area contributed by atoms with Gasteiger partial charge in [-0.15, -0.1) is 0 Å². The van der Waals surface area contributed by atoms with Gasteiger partial charge in [-0.25, -0.2) is 8.42 Å². The van der Waals surface area contributed by atoms with E-state index >= 15 is 0 Å². The zero-order chi connectivity index (χ0) is 17.0. The van der Waals surface area contributed by atoms with Crippen molar-refractivity contribution < 1.29 is 17.9 Å². The van der Waals surface area contributed by atoms with Crippen molar-refractivity contribution in [2.24, 2.45) is 0 Å². The predicted molar refractivity (Wildman–Crippen MR) is 93.0 cm³/mol. The van der Waals surface area contributed by atoms with Crippen LogP contribution in [0, 0.1) is 6.92 Å². The number of nitrogens with zero attached hydrogens (tertiary/aromatic N) is 1. The van der Waals surface area contributed by atoms with E-state index in [-0.39, 0.29) is 11.4 Å². The zero-order valence-electron chi connectivity index (χ0n) is 14.4. The van der Waals surface area contributed by atoms with Crippen LogP contribution in [0.5, 0.6) is 0 Å². The summed E-state index contributed by atoms with van der Waals surface area (Å²) in [6.45, 7) is 6.78. The van der Waals surface area contributed by atoms with Crippen molar-refractivity contribution in [1.29, 1.82) is 0 Å². The van der Waals surface area contributed by atoms with Gasteiger partial charge in [-0.2, -0.15) is 0 Å². The fraction of sp³-hybridized carbons (Fsp3) is 0.667. The highest BCUT2D eigenvalue weighted by molar-refractivity contribution is 7.91. The lowest BCUT2D eigenvalue weighted by molar-refractivity contribution is -0.153. The summed E-state index contributed by atoms with van der Waals surface area (Å²) >= 11 is 0. The van der Waals surface area contributed by atoms with E-state index in [0.29, 0.717) is 11.3 Å². The molecule has 0 radical (unpaired) electrons. The van der Waals surface area contributed by atoms with Crippen LogP contribution in [0.2, 0.25) is 0 Å². The minimum atomic E-state index is -3.19. The molecule has 0 aliphatic carbocycles. The summed E-state index contributed by atoms with van der Waals surface area (Å²) in [6, 6.07) is 7.11. The number of ether oxygens (including phenoxy) is 2. The van der Waals surface area contributed by atoms with Gasteiger partial charge in [0.2, 0.25) is 0 Å². The van der Waals surface area contributed by atoms with Gasteiger partial charge in [-0.3, -0.25) is 4.90 Å². The molecular formula is C18H27NO4S. The number of benzene rings is 1. The normalized spacial score (nSPS) is 21.9. The molecule has 2 heterocycles. The molecule has 1 aromatic carbocycles. The summed E-state index contributed by atoms with van der Waals surface area (Å²) in [7, 11) is -3.19.